The minimum atomic E-state index is 0.917. The van der Waals surface area contributed by atoms with E-state index in [0.29, 0.717) is 0 Å². The lowest BCUT2D eigenvalue weighted by Crippen LogP contribution is -1.93. The van der Waals surface area contributed by atoms with Gasteiger partial charge in [0.2, 0.25) is 0 Å². The van der Waals surface area contributed by atoms with Crippen LogP contribution in [0.2, 0.25) is 0 Å². The maximum Gasteiger partial charge on any atom is 0.0975 e. The third-order valence-electron chi connectivity index (χ3n) is 9.59. The van der Waals surface area contributed by atoms with Crippen LogP contribution in [-0.2, 0) is 0 Å². The highest BCUT2D eigenvalue weighted by molar-refractivity contribution is 6.05. The first-order chi connectivity index (χ1) is 25.2. The van der Waals surface area contributed by atoms with E-state index in [-0.39, 0.29) is 0 Å². The molecule has 0 amide bonds. The first-order valence-corrected chi connectivity index (χ1v) is 17.3. The van der Waals surface area contributed by atoms with E-state index in [4.69, 9.17) is 15.0 Å². The van der Waals surface area contributed by atoms with Crippen LogP contribution >= 0.6 is 0 Å². The summed E-state index contributed by atoms with van der Waals surface area (Å²) in [4.78, 5) is 15.5. The second kappa shape index (κ2) is 13.0. The molecular formula is C48H33N3. The summed E-state index contributed by atoms with van der Waals surface area (Å²) in [7, 11) is 0. The molecule has 6 aromatic carbocycles. The van der Waals surface area contributed by atoms with Gasteiger partial charge in [0.25, 0.3) is 0 Å². The van der Waals surface area contributed by atoms with Crippen molar-refractivity contribution in [3.8, 4) is 67.3 Å². The topological polar surface area (TPSA) is 38.7 Å². The number of hydrogen-bond acceptors (Lipinski definition) is 3. The molecule has 0 radical (unpaired) electrons. The van der Waals surface area contributed by atoms with E-state index in [9.17, 15) is 0 Å². The smallest absolute Gasteiger partial charge is 0.0975 e. The molecular weight excluding hydrogens is 619 g/mol. The molecule has 0 N–H and O–H groups in total. The van der Waals surface area contributed by atoms with Gasteiger partial charge in [-0.1, -0.05) is 152 Å². The van der Waals surface area contributed by atoms with Crippen molar-refractivity contribution in [2.75, 3.05) is 0 Å². The molecule has 9 rings (SSSR count). The molecule has 3 heterocycles. The monoisotopic (exact) mass is 651 g/mol. The maximum atomic E-state index is 5.23. The first-order valence-electron chi connectivity index (χ1n) is 17.3. The van der Waals surface area contributed by atoms with E-state index >= 15 is 0 Å². The molecule has 0 saturated heterocycles. The SMILES string of the molecule is Cc1cc(-c2ccccc2)nc2c1ccc1ccc(-c3cccc(-c4ccc(-c5cc(-c6ccccc6)cc(-c6ccccc6)n5)cc4)c3)nc12. The van der Waals surface area contributed by atoms with Crippen molar-refractivity contribution in [2.24, 2.45) is 0 Å². The molecule has 240 valence electrons. The number of fused-ring (bicyclic) bond motifs is 3. The molecule has 3 nitrogen and oxygen atoms in total. The lowest BCUT2D eigenvalue weighted by atomic mass is 9.97. The second-order valence-corrected chi connectivity index (χ2v) is 12.9. The molecule has 0 atom stereocenters. The summed E-state index contributed by atoms with van der Waals surface area (Å²) in [5.41, 5.74) is 15.8. The molecule has 0 fully saturated rings. The number of aryl methyl sites for hydroxylation is 1. The van der Waals surface area contributed by atoms with E-state index in [1.54, 1.807) is 0 Å². The van der Waals surface area contributed by atoms with Crippen LogP contribution in [0.25, 0.3) is 89.1 Å². The Bertz CT molecular complexity index is 2610. The Morgan fingerprint density at radius 3 is 1.45 bits per heavy atom. The number of hydrogen-bond donors (Lipinski definition) is 0. The quantitative estimate of drug-likeness (QED) is 0.168. The molecule has 51 heavy (non-hydrogen) atoms. The van der Waals surface area contributed by atoms with Crippen LogP contribution in [0.1, 0.15) is 5.56 Å². The predicted octanol–water partition coefficient (Wildman–Crippen LogP) is 12.5. The Hall–Kier alpha value is -6.71. The minimum Gasteiger partial charge on any atom is -0.248 e. The minimum absolute atomic E-state index is 0.917. The van der Waals surface area contributed by atoms with E-state index in [2.05, 4.69) is 177 Å². The molecule has 0 aliphatic carbocycles. The second-order valence-electron chi connectivity index (χ2n) is 12.9. The number of nitrogens with zero attached hydrogens (tertiary/aromatic N) is 3. The highest BCUT2D eigenvalue weighted by Crippen LogP contribution is 2.34. The average Bonchev–Trinajstić information content (AvgIpc) is 3.21. The summed E-state index contributed by atoms with van der Waals surface area (Å²) in [5.74, 6) is 0. The van der Waals surface area contributed by atoms with Gasteiger partial charge in [-0.2, -0.15) is 0 Å². The molecule has 3 aromatic heterocycles. The average molecular weight is 652 g/mol. The predicted molar refractivity (Wildman–Crippen MR) is 212 cm³/mol. The molecule has 0 unspecified atom stereocenters. The Labute approximate surface area is 297 Å². The maximum absolute atomic E-state index is 5.23. The van der Waals surface area contributed by atoms with Gasteiger partial charge >= 0.3 is 0 Å². The zero-order valence-electron chi connectivity index (χ0n) is 28.2. The van der Waals surface area contributed by atoms with Crippen molar-refractivity contribution in [2.45, 2.75) is 6.92 Å². The van der Waals surface area contributed by atoms with Crippen molar-refractivity contribution in [1.82, 2.24) is 15.0 Å². The van der Waals surface area contributed by atoms with Gasteiger partial charge in [-0.3, -0.25) is 0 Å². The standard InChI is InChI=1S/C48H33N3/c1-32-28-44(35-14-7-3-8-15-35)51-48-42(32)26-24-38-25-27-43(50-47(38)48)40-19-11-18-39(29-40)34-20-22-37(23-21-34)46-31-41(33-12-5-2-6-13-33)30-45(49-46)36-16-9-4-10-17-36/h2-31H,1H3. The summed E-state index contributed by atoms with van der Waals surface area (Å²) in [6.45, 7) is 2.15. The number of benzene rings is 6. The van der Waals surface area contributed by atoms with Crippen LogP contribution in [0, 0.1) is 6.92 Å². The molecule has 0 bridgehead atoms. The van der Waals surface area contributed by atoms with Crippen molar-refractivity contribution >= 4 is 21.8 Å². The van der Waals surface area contributed by atoms with Crippen molar-refractivity contribution < 1.29 is 0 Å². The molecule has 0 saturated carbocycles. The van der Waals surface area contributed by atoms with Gasteiger partial charge < -0.3 is 0 Å². The summed E-state index contributed by atoms with van der Waals surface area (Å²) < 4.78 is 0. The fraction of sp³-hybridized carbons (Fsp3) is 0.0208. The van der Waals surface area contributed by atoms with Gasteiger partial charge in [-0.25, -0.2) is 15.0 Å². The third kappa shape index (κ3) is 5.96. The first kappa shape index (κ1) is 30.4. The molecule has 0 spiro atoms. The fourth-order valence-corrected chi connectivity index (χ4v) is 6.88. The summed E-state index contributed by atoms with van der Waals surface area (Å²) in [5, 5.41) is 2.20. The van der Waals surface area contributed by atoms with Gasteiger partial charge in [-0.05, 0) is 65.1 Å². The molecule has 9 aromatic rings. The van der Waals surface area contributed by atoms with Gasteiger partial charge in [0.15, 0.2) is 0 Å². The van der Waals surface area contributed by atoms with Crippen molar-refractivity contribution in [3.63, 3.8) is 0 Å². The lowest BCUT2D eigenvalue weighted by Gasteiger charge is -2.12. The highest BCUT2D eigenvalue weighted by Gasteiger charge is 2.13. The van der Waals surface area contributed by atoms with E-state index in [0.717, 1.165) is 83.5 Å². The summed E-state index contributed by atoms with van der Waals surface area (Å²) in [6.07, 6.45) is 0. The third-order valence-corrected chi connectivity index (χ3v) is 9.59. The summed E-state index contributed by atoms with van der Waals surface area (Å²) in [6, 6.07) is 63.7. The normalized spacial score (nSPS) is 11.2. The largest absolute Gasteiger partial charge is 0.248 e. The van der Waals surface area contributed by atoms with Crippen LogP contribution < -0.4 is 0 Å². The Balaban J connectivity index is 1.07. The Morgan fingerprint density at radius 2 is 0.784 bits per heavy atom. The van der Waals surface area contributed by atoms with Crippen LogP contribution in [0.4, 0.5) is 0 Å². The Morgan fingerprint density at radius 1 is 0.294 bits per heavy atom. The van der Waals surface area contributed by atoms with Crippen LogP contribution in [0.3, 0.4) is 0 Å². The van der Waals surface area contributed by atoms with Gasteiger partial charge in [0.1, 0.15) is 0 Å². The molecule has 0 aliphatic rings. The van der Waals surface area contributed by atoms with E-state index in [1.807, 2.05) is 12.1 Å². The number of pyridine rings is 3. The van der Waals surface area contributed by atoms with Crippen molar-refractivity contribution in [3.05, 3.63) is 188 Å². The highest BCUT2D eigenvalue weighted by atomic mass is 14.8. The lowest BCUT2D eigenvalue weighted by molar-refractivity contribution is 1.32. The van der Waals surface area contributed by atoms with Crippen LogP contribution in [-0.4, -0.2) is 15.0 Å². The van der Waals surface area contributed by atoms with Crippen LogP contribution in [0.5, 0.6) is 0 Å². The molecule has 3 heteroatoms. The van der Waals surface area contributed by atoms with E-state index in [1.165, 1.54) is 11.1 Å². The summed E-state index contributed by atoms with van der Waals surface area (Å²) >= 11 is 0. The van der Waals surface area contributed by atoms with Crippen molar-refractivity contribution in [1.29, 1.82) is 0 Å². The number of aromatic nitrogens is 3. The fourth-order valence-electron chi connectivity index (χ4n) is 6.88. The van der Waals surface area contributed by atoms with Crippen LogP contribution in [0.15, 0.2) is 182 Å². The number of rotatable bonds is 6. The zero-order valence-corrected chi connectivity index (χ0v) is 28.2. The Kier molecular flexibility index (Phi) is 7.71. The molecule has 0 aliphatic heterocycles. The van der Waals surface area contributed by atoms with E-state index < -0.39 is 0 Å². The van der Waals surface area contributed by atoms with Gasteiger partial charge in [-0.15, -0.1) is 0 Å². The van der Waals surface area contributed by atoms with Gasteiger partial charge in [0.05, 0.1) is 33.8 Å². The van der Waals surface area contributed by atoms with Gasteiger partial charge in [0, 0.05) is 33.0 Å². The zero-order chi connectivity index (χ0) is 34.1.